The SMILES string of the molecule is CC1=CC=C(C)CC1.O. The van der Waals surface area contributed by atoms with Gasteiger partial charge in [0.2, 0.25) is 0 Å². The summed E-state index contributed by atoms with van der Waals surface area (Å²) >= 11 is 0. The minimum absolute atomic E-state index is 0. The minimum atomic E-state index is 0. The second kappa shape index (κ2) is 3.46. The van der Waals surface area contributed by atoms with Crippen molar-refractivity contribution in [2.24, 2.45) is 0 Å². The maximum atomic E-state index is 2.21. The Hall–Kier alpha value is -0.560. The summed E-state index contributed by atoms with van der Waals surface area (Å²) in [4.78, 5) is 0. The molecule has 0 aromatic carbocycles. The summed E-state index contributed by atoms with van der Waals surface area (Å²) in [7, 11) is 0. The van der Waals surface area contributed by atoms with Crippen LogP contribution in [0.5, 0.6) is 0 Å². The van der Waals surface area contributed by atoms with Crippen molar-refractivity contribution in [3.8, 4) is 0 Å². The highest BCUT2D eigenvalue weighted by molar-refractivity contribution is 5.20. The van der Waals surface area contributed by atoms with Gasteiger partial charge in [0.1, 0.15) is 0 Å². The molecule has 0 saturated heterocycles. The molecule has 0 unspecified atom stereocenters. The van der Waals surface area contributed by atoms with Crippen molar-refractivity contribution in [3.05, 3.63) is 23.3 Å². The summed E-state index contributed by atoms with van der Waals surface area (Å²) < 4.78 is 0. The molecule has 0 atom stereocenters. The maximum absolute atomic E-state index is 2.21. The van der Waals surface area contributed by atoms with Crippen LogP contribution in [0.15, 0.2) is 23.3 Å². The molecule has 0 spiro atoms. The molecule has 2 N–H and O–H groups in total. The van der Waals surface area contributed by atoms with Gasteiger partial charge in [-0.05, 0) is 26.7 Å². The zero-order chi connectivity index (χ0) is 5.98. The molecule has 1 rings (SSSR count). The Balaban J connectivity index is 0.000000640. The van der Waals surface area contributed by atoms with E-state index in [1.807, 2.05) is 0 Å². The average Bonchev–Trinajstić information content (AvgIpc) is 1.77. The van der Waals surface area contributed by atoms with Gasteiger partial charge in [0.05, 0.1) is 0 Å². The molecule has 1 aliphatic carbocycles. The van der Waals surface area contributed by atoms with E-state index in [9.17, 15) is 0 Å². The Morgan fingerprint density at radius 2 is 1.33 bits per heavy atom. The van der Waals surface area contributed by atoms with Gasteiger partial charge in [-0.1, -0.05) is 23.3 Å². The monoisotopic (exact) mass is 126 g/mol. The molecule has 52 valence electrons. The van der Waals surface area contributed by atoms with Crippen LogP contribution in [0.25, 0.3) is 0 Å². The first-order valence-corrected chi connectivity index (χ1v) is 3.12. The summed E-state index contributed by atoms with van der Waals surface area (Å²) in [5.41, 5.74) is 3.02. The maximum Gasteiger partial charge on any atom is -0.0283 e. The van der Waals surface area contributed by atoms with Crippen molar-refractivity contribution in [2.75, 3.05) is 0 Å². The highest BCUT2D eigenvalue weighted by atomic mass is 16.0. The Labute approximate surface area is 56.4 Å². The van der Waals surface area contributed by atoms with Gasteiger partial charge in [-0.2, -0.15) is 0 Å². The lowest BCUT2D eigenvalue weighted by Crippen LogP contribution is -1.85. The van der Waals surface area contributed by atoms with Gasteiger partial charge in [-0.25, -0.2) is 0 Å². The zero-order valence-corrected chi connectivity index (χ0v) is 6.07. The molecule has 0 amide bonds. The van der Waals surface area contributed by atoms with Gasteiger partial charge in [0.25, 0.3) is 0 Å². The fourth-order valence-corrected chi connectivity index (χ4v) is 0.846. The average molecular weight is 126 g/mol. The summed E-state index contributed by atoms with van der Waals surface area (Å²) in [6.07, 6.45) is 6.95. The third-order valence-corrected chi connectivity index (χ3v) is 1.57. The van der Waals surface area contributed by atoms with E-state index in [1.54, 1.807) is 0 Å². The van der Waals surface area contributed by atoms with Gasteiger partial charge in [0.15, 0.2) is 0 Å². The van der Waals surface area contributed by atoms with Crippen LogP contribution < -0.4 is 0 Å². The fraction of sp³-hybridized carbons (Fsp3) is 0.500. The van der Waals surface area contributed by atoms with Gasteiger partial charge < -0.3 is 5.48 Å². The van der Waals surface area contributed by atoms with Crippen LogP contribution >= 0.6 is 0 Å². The van der Waals surface area contributed by atoms with Crippen molar-refractivity contribution in [2.45, 2.75) is 26.7 Å². The molecule has 0 aromatic heterocycles. The van der Waals surface area contributed by atoms with E-state index in [4.69, 9.17) is 0 Å². The predicted molar refractivity (Wildman–Crippen MR) is 40.4 cm³/mol. The van der Waals surface area contributed by atoms with Crippen molar-refractivity contribution < 1.29 is 5.48 Å². The van der Waals surface area contributed by atoms with Crippen molar-refractivity contribution in [1.82, 2.24) is 0 Å². The summed E-state index contributed by atoms with van der Waals surface area (Å²) in [5.74, 6) is 0. The quantitative estimate of drug-likeness (QED) is 0.474. The smallest absolute Gasteiger partial charge is 0.0283 e. The fourth-order valence-electron chi connectivity index (χ4n) is 0.846. The van der Waals surface area contributed by atoms with Crippen LogP contribution in [0.2, 0.25) is 0 Å². The molecule has 0 fully saturated rings. The van der Waals surface area contributed by atoms with E-state index in [-0.39, 0.29) is 5.48 Å². The Bertz CT molecular complexity index is 125. The third-order valence-electron chi connectivity index (χ3n) is 1.57. The van der Waals surface area contributed by atoms with E-state index in [1.165, 1.54) is 24.0 Å². The molecule has 9 heavy (non-hydrogen) atoms. The van der Waals surface area contributed by atoms with Crippen LogP contribution in [0.4, 0.5) is 0 Å². The van der Waals surface area contributed by atoms with Gasteiger partial charge >= 0.3 is 0 Å². The van der Waals surface area contributed by atoms with Gasteiger partial charge in [-0.15, -0.1) is 0 Å². The van der Waals surface area contributed by atoms with E-state index in [2.05, 4.69) is 26.0 Å². The minimum Gasteiger partial charge on any atom is -0.412 e. The molecule has 0 radical (unpaired) electrons. The second-order valence-corrected chi connectivity index (χ2v) is 2.53. The Morgan fingerprint density at radius 1 is 1.00 bits per heavy atom. The first kappa shape index (κ1) is 8.44. The van der Waals surface area contributed by atoms with Crippen LogP contribution in [0, 0.1) is 0 Å². The van der Waals surface area contributed by atoms with Crippen LogP contribution in [0.1, 0.15) is 26.7 Å². The normalized spacial score (nSPS) is 17.6. The van der Waals surface area contributed by atoms with E-state index in [0.717, 1.165) is 0 Å². The molecule has 1 nitrogen and oxygen atoms in total. The predicted octanol–water partition coefficient (Wildman–Crippen LogP) is 1.85. The zero-order valence-electron chi connectivity index (χ0n) is 6.07. The highest BCUT2D eigenvalue weighted by Gasteiger charge is 1.95. The molecular weight excluding hydrogens is 112 g/mol. The molecule has 0 aliphatic heterocycles. The number of allylic oxidation sites excluding steroid dienone is 4. The van der Waals surface area contributed by atoms with E-state index < -0.39 is 0 Å². The van der Waals surface area contributed by atoms with Crippen molar-refractivity contribution in [1.29, 1.82) is 0 Å². The lowest BCUT2D eigenvalue weighted by atomic mass is 10.0. The number of hydrogen-bond donors (Lipinski definition) is 0. The van der Waals surface area contributed by atoms with Gasteiger partial charge in [0, 0.05) is 0 Å². The second-order valence-electron chi connectivity index (χ2n) is 2.53. The summed E-state index contributed by atoms with van der Waals surface area (Å²) in [6.45, 7) is 4.37. The Morgan fingerprint density at radius 3 is 1.56 bits per heavy atom. The molecule has 1 aliphatic rings. The molecule has 0 aromatic rings. The summed E-state index contributed by atoms with van der Waals surface area (Å²) in [5, 5.41) is 0. The largest absolute Gasteiger partial charge is 0.412 e. The lowest BCUT2D eigenvalue weighted by molar-refractivity contribution is 0.824. The van der Waals surface area contributed by atoms with Gasteiger partial charge in [-0.3, -0.25) is 0 Å². The van der Waals surface area contributed by atoms with Crippen molar-refractivity contribution in [3.63, 3.8) is 0 Å². The highest BCUT2D eigenvalue weighted by Crippen LogP contribution is 2.15. The van der Waals surface area contributed by atoms with E-state index >= 15 is 0 Å². The van der Waals surface area contributed by atoms with Crippen LogP contribution in [0.3, 0.4) is 0 Å². The van der Waals surface area contributed by atoms with Crippen LogP contribution in [-0.2, 0) is 0 Å². The molecule has 0 saturated carbocycles. The molecule has 1 heteroatoms. The van der Waals surface area contributed by atoms with Crippen LogP contribution in [-0.4, -0.2) is 5.48 Å². The molecular formula is C8H14O. The van der Waals surface area contributed by atoms with E-state index in [0.29, 0.717) is 0 Å². The van der Waals surface area contributed by atoms with Crippen molar-refractivity contribution >= 4 is 0 Å². The first-order valence-electron chi connectivity index (χ1n) is 3.12. The third kappa shape index (κ3) is 2.47. The lowest BCUT2D eigenvalue weighted by Gasteiger charge is -2.05. The summed E-state index contributed by atoms with van der Waals surface area (Å²) in [6, 6.07) is 0. The number of rotatable bonds is 0. The molecule has 0 bridgehead atoms. The first-order chi connectivity index (χ1) is 3.79. The Kier molecular flexibility index (Phi) is 3.25. The standard InChI is InChI=1S/C8H12.H2O/c1-7-3-5-8(2)6-4-7;/h3,5H,4,6H2,1-2H3;1H2. The topological polar surface area (TPSA) is 31.5 Å². The molecule has 0 heterocycles. The number of hydrogen-bond acceptors (Lipinski definition) is 0.